The normalized spacial score (nSPS) is 14.9. The van der Waals surface area contributed by atoms with Crippen molar-refractivity contribution in [3.8, 4) is 0 Å². The summed E-state index contributed by atoms with van der Waals surface area (Å²) in [6, 6.07) is 8.39. The first kappa shape index (κ1) is 9.78. The number of benzene rings is 1. The second-order valence-corrected chi connectivity index (χ2v) is 3.63. The third kappa shape index (κ3) is 1.86. The Kier molecular flexibility index (Phi) is 2.72. The molecule has 0 fully saturated rings. The van der Waals surface area contributed by atoms with Crippen molar-refractivity contribution >= 4 is 5.69 Å². The van der Waals surface area contributed by atoms with Crippen LogP contribution >= 0.6 is 0 Å². The lowest BCUT2D eigenvalue weighted by Gasteiger charge is -2.09. The van der Waals surface area contributed by atoms with Crippen LogP contribution in [0.4, 0.5) is 5.69 Å². The molecule has 0 amide bonds. The molecular weight excluding hydrogens is 182 g/mol. The number of allylic oxidation sites excluding steroid dienone is 3. The number of anilines is 1. The second-order valence-electron chi connectivity index (χ2n) is 3.63. The summed E-state index contributed by atoms with van der Waals surface area (Å²) in [6.45, 7) is 7.67. The third-order valence-corrected chi connectivity index (χ3v) is 2.75. The Bertz CT molecular complexity index is 427. The van der Waals surface area contributed by atoms with Gasteiger partial charge in [-0.2, -0.15) is 0 Å². The lowest BCUT2D eigenvalue weighted by Crippen LogP contribution is -1.98. The molecule has 0 unspecified atom stereocenters. The predicted molar refractivity (Wildman–Crippen MR) is 65.8 cm³/mol. The minimum absolute atomic E-state index is 1.02. The van der Waals surface area contributed by atoms with Crippen LogP contribution in [0.3, 0.4) is 0 Å². The fraction of sp³-hybridized carbons (Fsp3) is 0.143. The van der Waals surface area contributed by atoms with Crippen LogP contribution in [-0.2, 0) is 6.42 Å². The number of hydrogen-bond acceptors (Lipinski definition) is 1. The Morgan fingerprint density at radius 1 is 1.07 bits per heavy atom. The summed E-state index contributed by atoms with van der Waals surface area (Å²) in [6.07, 6.45) is 5.85. The molecule has 0 saturated heterocycles. The summed E-state index contributed by atoms with van der Waals surface area (Å²) < 4.78 is 0. The molecular formula is C14H15N. The van der Waals surface area contributed by atoms with E-state index in [9.17, 15) is 0 Å². The molecule has 15 heavy (non-hydrogen) atoms. The average molecular weight is 197 g/mol. The lowest BCUT2D eigenvalue weighted by atomic mass is 10.0. The quantitative estimate of drug-likeness (QED) is 0.762. The van der Waals surface area contributed by atoms with E-state index in [1.165, 1.54) is 16.8 Å². The Morgan fingerprint density at radius 2 is 1.87 bits per heavy atom. The van der Waals surface area contributed by atoms with Gasteiger partial charge in [0.05, 0.1) is 0 Å². The van der Waals surface area contributed by atoms with Gasteiger partial charge in [0.25, 0.3) is 0 Å². The molecule has 1 aromatic carbocycles. The fourth-order valence-corrected chi connectivity index (χ4v) is 1.88. The molecule has 0 aromatic heterocycles. The predicted octanol–water partition coefficient (Wildman–Crippen LogP) is 3.67. The molecule has 0 radical (unpaired) electrons. The molecule has 0 saturated carbocycles. The van der Waals surface area contributed by atoms with Crippen LogP contribution in [-0.4, -0.2) is 0 Å². The second kappa shape index (κ2) is 4.18. The van der Waals surface area contributed by atoms with E-state index < -0.39 is 0 Å². The SMILES string of the molecule is C=CC1=C(C=C)Nc2ccccc2CC1. The van der Waals surface area contributed by atoms with Gasteiger partial charge in [-0.15, -0.1) is 0 Å². The van der Waals surface area contributed by atoms with Crippen molar-refractivity contribution in [3.63, 3.8) is 0 Å². The van der Waals surface area contributed by atoms with E-state index >= 15 is 0 Å². The van der Waals surface area contributed by atoms with Crippen molar-refractivity contribution in [1.82, 2.24) is 0 Å². The molecule has 76 valence electrons. The van der Waals surface area contributed by atoms with Gasteiger partial charge in [-0.3, -0.25) is 0 Å². The first-order valence-electron chi connectivity index (χ1n) is 5.18. The Hall–Kier alpha value is -1.76. The van der Waals surface area contributed by atoms with E-state index in [-0.39, 0.29) is 0 Å². The number of rotatable bonds is 2. The molecule has 0 bridgehead atoms. The number of nitrogens with one attached hydrogen (secondary N) is 1. The van der Waals surface area contributed by atoms with Crippen molar-refractivity contribution in [1.29, 1.82) is 0 Å². The Balaban J connectivity index is 2.43. The number of fused-ring (bicyclic) bond motifs is 1. The van der Waals surface area contributed by atoms with Crippen LogP contribution in [0.25, 0.3) is 0 Å². The van der Waals surface area contributed by atoms with Gasteiger partial charge in [-0.25, -0.2) is 0 Å². The van der Waals surface area contributed by atoms with Gasteiger partial charge >= 0.3 is 0 Å². The largest absolute Gasteiger partial charge is 0.355 e. The highest BCUT2D eigenvalue weighted by atomic mass is 14.9. The number of para-hydroxylation sites is 1. The van der Waals surface area contributed by atoms with E-state index in [2.05, 4.69) is 36.7 Å². The van der Waals surface area contributed by atoms with E-state index in [1.807, 2.05) is 18.2 Å². The standard InChI is InChI=1S/C14H15N/c1-3-11-9-10-12-7-5-6-8-14(12)15-13(11)4-2/h3-8,15H,1-2,9-10H2. The minimum atomic E-state index is 1.02. The van der Waals surface area contributed by atoms with Gasteiger partial charge in [-0.1, -0.05) is 37.4 Å². The zero-order valence-electron chi connectivity index (χ0n) is 8.79. The van der Waals surface area contributed by atoms with E-state index in [1.54, 1.807) is 0 Å². The van der Waals surface area contributed by atoms with Crippen molar-refractivity contribution in [2.45, 2.75) is 12.8 Å². The topological polar surface area (TPSA) is 12.0 Å². The molecule has 1 N–H and O–H groups in total. The maximum atomic E-state index is 3.84. The molecule has 0 atom stereocenters. The maximum Gasteiger partial charge on any atom is 0.0416 e. The highest BCUT2D eigenvalue weighted by Gasteiger charge is 2.10. The molecule has 1 heteroatoms. The molecule has 0 spiro atoms. The monoisotopic (exact) mass is 197 g/mol. The van der Waals surface area contributed by atoms with Crippen LogP contribution in [0.2, 0.25) is 0 Å². The Labute approximate surface area is 90.8 Å². The first-order valence-corrected chi connectivity index (χ1v) is 5.18. The summed E-state index contributed by atoms with van der Waals surface area (Å²) in [5.74, 6) is 0. The van der Waals surface area contributed by atoms with Gasteiger partial charge in [0.15, 0.2) is 0 Å². The molecule has 1 aromatic rings. The van der Waals surface area contributed by atoms with Crippen LogP contribution in [0.5, 0.6) is 0 Å². The highest BCUT2D eigenvalue weighted by molar-refractivity contribution is 5.60. The van der Waals surface area contributed by atoms with Crippen molar-refractivity contribution in [2.24, 2.45) is 0 Å². The van der Waals surface area contributed by atoms with Crippen molar-refractivity contribution in [2.75, 3.05) is 5.32 Å². The van der Waals surface area contributed by atoms with Crippen LogP contribution in [0.15, 0.2) is 60.8 Å². The molecule has 2 rings (SSSR count). The van der Waals surface area contributed by atoms with Gasteiger partial charge in [-0.05, 0) is 36.1 Å². The molecule has 1 heterocycles. The van der Waals surface area contributed by atoms with Crippen LogP contribution in [0, 0.1) is 0 Å². The zero-order chi connectivity index (χ0) is 10.7. The van der Waals surface area contributed by atoms with Crippen LogP contribution in [0.1, 0.15) is 12.0 Å². The summed E-state index contributed by atoms with van der Waals surface area (Å²) in [4.78, 5) is 0. The fourth-order valence-electron chi connectivity index (χ4n) is 1.88. The number of aryl methyl sites for hydroxylation is 1. The number of hydrogen-bond donors (Lipinski definition) is 1. The highest BCUT2D eigenvalue weighted by Crippen LogP contribution is 2.26. The lowest BCUT2D eigenvalue weighted by molar-refractivity contribution is 0.974. The van der Waals surface area contributed by atoms with Gasteiger partial charge in [0.1, 0.15) is 0 Å². The summed E-state index contributed by atoms with van der Waals surface area (Å²) in [5, 5.41) is 3.40. The van der Waals surface area contributed by atoms with E-state index in [0.717, 1.165) is 18.5 Å². The maximum absolute atomic E-state index is 3.84. The van der Waals surface area contributed by atoms with Gasteiger partial charge < -0.3 is 5.32 Å². The molecule has 1 nitrogen and oxygen atoms in total. The van der Waals surface area contributed by atoms with Crippen LogP contribution < -0.4 is 5.32 Å². The summed E-state index contributed by atoms with van der Waals surface area (Å²) in [7, 11) is 0. The summed E-state index contributed by atoms with van der Waals surface area (Å²) in [5.41, 5.74) is 4.86. The third-order valence-electron chi connectivity index (χ3n) is 2.75. The van der Waals surface area contributed by atoms with Crippen molar-refractivity contribution in [3.05, 3.63) is 66.4 Å². The molecule has 1 aliphatic heterocycles. The first-order chi connectivity index (χ1) is 7.35. The molecule has 0 aliphatic carbocycles. The Morgan fingerprint density at radius 3 is 2.60 bits per heavy atom. The zero-order valence-corrected chi connectivity index (χ0v) is 8.79. The smallest absolute Gasteiger partial charge is 0.0416 e. The summed E-state index contributed by atoms with van der Waals surface area (Å²) >= 11 is 0. The molecule has 1 aliphatic rings. The average Bonchev–Trinajstić information content (AvgIpc) is 2.47. The van der Waals surface area contributed by atoms with E-state index in [4.69, 9.17) is 0 Å². The van der Waals surface area contributed by atoms with Crippen molar-refractivity contribution < 1.29 is 0 Å². The van der Waals surface area contributed by atoms with Gasteiger partial charge in [0, 0.05) is 11.4 Å². The van der Waals surface area contributed by atoms with E-state index in [0.29, 0.717) is 0 Å². The van der Waals surface area contributed by atoms with Gasteiger partial charge in [0.2, 0.25) is 0 Å². The minimum Gasteiger partial charge on any atom is -0.355 e.